The molecule has 0 saturated carbocycles. The van der Waals surface area contributed by atoms with Crippen LogP contribution in [0.25, 0.3) is 0 Å². The van der Waals surface area contributed by atoms with Crippen LogP contribution in [0.5, 0.6) is 0 Å². The summed E-state index contributed by atoms with van der Waals surface area (Å²) >= 11 is 0. The SMILES string of the molecule is CCCCCCC/C=C\C/C=C\CCCCCCCCCCCCCC(=O)OCC(COC1OC(C(=O)O)C(O)C(O)C1O)OC(=O)CCCCCCCCCCCCCCCCCCCCC. The van der Waals surface area contributed by atoms with Crippen LogP contribution >= 0.6 is 0 Å². The highest BCUT2D eigenvalue weighted by atomic mass is 16.7. The second-order valence-electron chi connectivity index (χ2n) is 19.8. The van der Waals surface area contributed by atoms with Crippen LogP contribution in [0.1, 0.15) is 271 Å². The molecule has 1 aliphatic rings. The summed E-state index contributed by atoms with van der Waals surface area (Å²) in [7, 11) is 0. The molecular formula is C57H104O11. The van der Waals surface area contributed by atoms with Crippen molar-refractivity contribution in [3.8, 4) is 0 Å². The molecule has 0 spiro atoms. The van der Waals surface area contributed by atoms with E-state index in [-0.39, 0.29) is 26.1 Å². The van der Waals surface area contributed by atoms with Gasteiger partial charge in [-0.3, -0.25) is 9.59 Å². The Labute approximate surface area is 415 Å². The average molecular weight is 965 g/mol. The number of carbonyl (C=O) groups is 3. The quantitative estimate of drug-likeness (QED) is 0.0260. The van der Waals surface area contributed by atoms with E-state index in [1.165, 1.54) is 186 Å². The van der Waals surface area contributed by atoms with E-state index in [1.807, 2.05) is 0 Å². The third-order valence-corrected chi connectivity index (χ3v) is 13.3. The van der Waals surface area contributed by atoms with Crippen molar-refractivity contribution < 1.29 is 53.8 Å². The molecule has 1 aliphatic heterocycles. The monoisotopic (exact) mass is 965 g/mol. The number of rotatable bonds is 49. The zero-order chi connectivity index (χ0) is 49.6. The van der Waals surface area contributed by atoms with Crippen LogP contribution in [0.4, 0.5) is 0 Å². The van der Waals surface area contributed by atoms with Gasteiger partial charge in [0.1, 0.15) is 24.9 Å². The predicted molar refractivity (Wildman–Crippen MR) is 275 cm³/mol. The van der Waals surface area contributed by atoms with Gasteiger partial charge in [0.15, 0.2) is 18.5 Å². The number of carboxylic acids is 1. The Hall–Kier alpha value is -2.31. The minimum Gasteiger partial charge on any atom is -0.479 e. The molecule has 68 heavy (non-hydrogen) atoms. The molecule has 0 aromatic carbocycles. The molecular weight excluding hydrogens is 861 g/mol. The number of ether oxygens (including phenoxy) is 4. The number of hydrogen-bond acceptors (Lipinski definition) is 10. The normalized spacial score (nSPS) is 19.0. The minimum absolute atomic E-state index is 0.188. The van der Waals surface area contributed by atoms with Crippen molar-refractivity contribution in [3.05, 3.63) is 24.3 Å². The first-order valence-corrected chi connectivity index (χ1v) is 28.4. The van der Waals surface area contributed by atoms with Crippen LogP contribution in [-0.4, -0.2) is 88.4 Å². The van der Waals surface area contributed by atoms with E-state index in [0.717, 1.165) is 44.9 Å². The molecule has 0 aliphatic carbocycles. The van der Waals surface area contributed by atoms with Crippen molar-refractivity contribution in [1.82, 2.24) is 0 Å². The standard InChI is InChI=1S/C57H104O11/c1-3-5-7-9-11-13-15-17-19-21-23-24-25-26-28-29-31-33-35-37-39-41-43-45-50(58)65-47-49(48-66-57-54(62)52(60)53(61)55(68-57)56(63)64)67-51(59)46-44-42-40-38-36-34-32-30-27-22-20-18-16-14-12-10-8-6-4-2/h15,17,21,23,49,52-55,57,60-62H,3-14,16,18-20,22,24-48H2,1-2H3,(H,63,64)/b17-15-,23-21-. The molecule has 6 unspecified atom stereocenters. The highest BCUT2D eigenvalue weighted by Crippen LogP contribution is 2.23. The molecule has 11 heteroatoms. The summed E-state index contributed by atoms with van der Waals surface area (Å²) in [5.74, 6) is -2.43. The Morgan fingerprint density at radius 3 is 1.22 bits per heavy atom. The van der Waals surface area contributed by atoms with Gasteiger partial charge in [0, 0.05) is 12.8 Å². The summed E-state index contributed by atoms with van der Waals surface area (Å²) in [5, 5.41) is 40.0. The Balaban J connectivity index is 2.24. The smallest absolute Gasteiger partial charge is 0.335 e. The van der Waals surface area contributed by atoms with Crippen molar-refractivity contribution in [2.24, 2.45) is 0 Å². The molecule has 1 fully saturated rings. The van der Waals surface area contributed by atoms with E-state index in [4.69, 9.17) is 18.9 Å². The van der Waals surface area contributed by atoms with E-state index in [9.17, 15) is 34.8 Å². The molecule has 1 rings (SSSR count). The number of esters is 2. The summed E-state index contributed by atoms with van der Waals surface area (Å²) in [6.07, 6.45) is 46.6. The van der Waals surface area contributed by atoms with Crippen molar-refractivity contribution in [2.45, 2.75) is 307 Å². The van der Waals surface area contributed by atoms with Gasteiger partial charge in [-0.2, -0.15) is 0 Å². The molecule has 4 N–H and O–H groups in total. The van der Waals surface area contributed by atoms with Crippen LogP contribution in [-0.2, 0) is 33.3 Å². The van der Waals surface area contributed by atoms with Gasteiger partial charge < -0.3 is 39.4 Å². The van der Waals surface area contributed by atoms with Gasteiger partial charge >= 0.3 is 17.9 Å². The maximum atomic E-state index is 12.9. The summed E-state index contributed by atoms with van der Waals surface area (Å²) in [6, 6.07) is 0. The molecule has 6 atom stereocenters. The lowest BCUT2D eigenvalue weighted by molar-refractivity contribution is -0.298. The summed E-state index contributed by atoms with van der Waals surface area (Å²) in [6.45, 7) is 3.86. The average Bonchev–Trinajstić information content (AvgIpc) is 3.32. The maximum Gasteiger partial charge on any atom is 0.335 e. The first-order valence-electron chi connectivity index (χ1n) is 28.4. The highest BCUT2D eigenvalue weighted by molar-refractivity contribution is 5.73. The maximum absolute atomic E-state index is 12.9. The fourth-order valence-electron chi connectivity index (χ4n) is 8.85. The van der Waals surface area contributed by atoms with Crippen molar-refractivity contribution in [2.75, 3.05) is 13.2 Å². The highest BCUT2D eigenvalue weighted by Gasteiger charge is 2.47. The van der Waals surface area contributed by atoms with Gasteiger partial charge in [-0.15, -0.1) is 0 Å². The van der Waals surface area contributed by atoms with Crippen molar-refractivity contribution in [1.29, 1.82) is 0 Å². The molecule has 0 bridgehead atoms. The van der Waals surface area contributed by atoms with Crippen LogP contribution in [0.3, 0.4) is 0 Å². The molecule has 0 aromatic rings. The van der Waals surface area contributed by atoms with Gasteiger partial charge in [-0.1, -0.05) is 237 Å². The number of aliphatic hydroxyl groups excluding tert-OH is 3. The molecule has 0 radical (unpaired) electrons. The first-order chi connectivity index (χ1) is 33.2. The zero-order valence-electron chi connectivity index (χ0n) is 43.6. The molecule has 398 valence electrons. The second-order valence-corrected chi connectivity index (χ2v) is 19.8. The number of hydrogen-bond donors (Lipinski definition) is 4. The number of carboxylic acid groups (broad SMARTS) is 1. The van der Waals surface area contributed by atoms with Gasteiger partial charge in [-0.25, -0.2) is 4.79 Å². The number of unbranched alkanes of at least 4 members (excludes halogenated alkanes) is 34. The molecule has 1 saturated heterocycles. The fourth-order valence-corrected chi connectivity index (χ4v) is 8.85. The Kier molecular flexibility index (Phi) is 44.1. The Bertz CT molecular complexity index is 1220. The van der Waals surface area contributed by atoms with E-state index in [2.05, 4.69) is 38.2 Å². The van der Waals surface area contributed by atoms with E-state index in [1.54, 1.807) is 0 Å². The summed E-state index contributed by atoms with van der Waals surface area (Å²) in [4.78, 5) is 37.1. The lowest BCUT2D eigenvalue weighted by atomic mass is 9.99. The largest absolute Gasteiger partial charge is 0.479 e. The lowest BCUT2D eigenvalue weighted by Gasteiger charge is -2.38. The number of allylic oxidation sites excluding steroid dienone is 4. The molecule has 11 nitrogen and oxygen atoms in total. The summed E-state index contributed by atoms with van der Waals surface area (Å²) < 4.78 is 21.9. The Morgan fingerprint density at radius 2 is 0.824 bits per heavy atom. The number of carbonyl (C=O) groups excluding carboxylic acids is 2. The zero-order valence-corrected chi connectivity index (χ0v) is 43.6. The third kappa shape index (κ3) is 37.5. The number of aliphatic hydroxyl groups is 3. The Morgan fingerprint density at radius 1 is 0.456 bits per heavy atom. The van der Waals surface area contributed by atoms with Crippen LogP contribution in [0.2, 0.25) is 0 Å². The van der Waals surface area contributed by atoms with E-state index < -0.39 is 54.7 Å². The molecule has 0 aromatic heterocycles. The van der Waals surface area contributed by atoms with Crippen LogP contribution in [0, 0.1) is 0 Å². The topological polar surface area (TPSA) is 169 Å². The predicted octanol–water partition coefficient (Wildman–Crippen LogP) is 14.1. The van der Waals surface area contributed by atoms with Crippen LogP contribution < -0.4 is 0 Å². The molecule has 0 amide bonds. The van der Waals surface area contributed by atoms with Gasteiger partial charge in [-0.05, 0) is 44.9 Å². The van der Waals surface area contributed by atoms with Crippen LogP contribution in [0.15, 0.2) is 24.3 Å². The molecule has 1 heterocycles. The van der Waals surface area contributed by atoms with Gasteiger partial charge in [0.05, 0.1) is 6.61 Å². The van der Waals surface area contributed by atoms with Crippen molar-refractivity contribution in [3.63, 3.8) is 0 Å². The van der Waals surface area contributed by atoms with Gasteiger partial charge in [0.2, 0.25) is 0 Å². The summed E-state index contributed by atoms with van der Waals surface area (Å²) in [5.41, 5.74) is 0. The lowest BCUT2D eigenvalue weighted by Crippen LogP contribution is -2.60. The minimum atomic E-state index is -1.86. The van der Waals surface area contributed by atoms with E-state index in [0.29, 0.717) is 12.8 Å². The van der Waals surface area contributed by atoms with E-state index >= 15 is 0 Å². The first kappa shape index (κ1) is 63.7. The fraction of sp³-hybridized carbons (Fsp3) is 0.877. The second kappa shape index (κ2) is 47.0. The van der Waals surface area contributed by atoms with Crippen molar-refractivity contribution >= 4 is 17.9 Å². The van der Waals surface area contributed by atoms with Gasteiger partial charge in [0.25, 0.3) is 0 Å². The number of aliphatic carboxylic acids is 1. The third-order valence-electron chi connectivity index (χ3n) is 13.3.